The number of ether oxygens (including phenoxy) is 1. The second-order valence-corrected chi connectivity index (χ2v) is 5.73. The molecule has 0 amide bonds. The lowest BCUT2D eigenvalue weighted by molar-refractivity contribution is -0.151. The van der Waals surface area contributed by atoms with Crippen LogP contribution in [0.3, 0.4) is 0 Å². The van der Waals surface area contributed by atoms with Crippen molar-refractivity contribution >= 4 is 5.97 Å². The molecular weight excluding hydrogens is 266 g/mol. The smallest absolute Gasteiger partial charge is 0.326 e. The first-order valence-electron chi connectivity index (χ1n) is 8.10. The number of esters is 1. The first-order chi connectivity index (χ1) is 10.2. The van der Waals surface area contributed by atoms with E-state index < -0.39 is 5.54 Å². The maximum atomic E-state index is 12.4. The monoisotopic (exact) mass is 293 g/mol. The number of aryl methyl sites for hydroxylation is 1. The van der Waals surface area contributed by atoms with Gasteiger partial charge in [-0.3, -0.25) is 4.79 Å². The molecule has 1 N–H and O–H groups in total. The van der Waals surface area contributed by atoms with Crippen molar-refractivity contribution in [3.8, 4) is 0 Å². The largest absolute Gasteiger partial charge is 0.465 e. The van der Waals surface area contributed by atoms with E-state index >= 15 is 0 Å². The SMILES string of the molecule is CCCc1nccn1C1CCC(NCC)(C(=O)OCC)C1. The lowest BCUT2D eigenvalue weighted by atomic mass is 9.97. The molecule has 2 unspecified atom stereocenters. The van der Waals surface area contributed by atoms with Gasteiger partial charge >= 0.3 is 5.97 Å². The molecule has 0 aromatic carbocycles. The van der Waals surface area contributed by atoms with Crippen molar-refractivity contribution in [2.24, 2.45) is 0 Å². The number of likely N-dealkylation sites (N-methyl/N-ethyl adjacent to an activating group) is 1. The van der Waals surface area contributed by atoms with Gasteiger partial charge in [0.2, 0.25) is 0 Å². The summed E-state index contributed by atoms with van der Waals surface area (Å²) in [4.78, 5) is 16.8. The van der Waals surface area contributed by atoms with E-state index in [-0.39, 0.29) is 5.97 Å². The molecule has 2 atom stereocenters. The minimum Gasteiger partial charge on any atom is -0.465 e. The van der Waals surface area contributed by atoms with Crippen molar-refractivity contribution in [3.63, 3.8) is 0 Å². The van der Waals surface area contributed by atoms with Crippen molar-refractivity contribution in [3.05, 3.63) is 18.2 Å². The molecule has 1 saturated carbocycles. The van der Waals surface area contributed by atoms with Crippen LogP contribution in [0.2, 0.25) is 0 Å². The highest BCUT2D eigenvalue weighted by molar-refractivity contribution is 5.81. The third-order valence-electron chi connectivity index (χ3n) is 4.29. The number of nitrogens with one attached hydrogen (secondary N) is 1. The third kappa shape index (κ3) is 3.28. The fourth-order valence-corrected chi connectivity index (χ4v) is 3.38. The molecule has 1 heterocycles. The van der Waals surface area contributed by atoms with Crippen LogP contribution < -0.4 is 5.32 Å². The second-order valence-electron chi connectivity index (χ2n) is 5.73. The first kappa shape index (κ1) is 16.0. The molecule has 1 aliphatic carbocycles. The summed E-state index contributed by atoms with van der Waals surface area (Å²) < 4.78 is 7.55. The first-order valence-corrected chi connectivity index (χ1v) is 8.10. The van der Waals surface area contributed by atoms with Gasteiger partial charge < -0.3 is 14.6 Å². The number of imidazole rings is 1. The number of aromatic nitrogens is 2. The number of carbonyl (C=O) groups excluding carboxylic acids is 1. The van der Waals surface area contributed by atoms with Crippen LogP contribution in [0.1, 0.15) is 58.3 Å². The Morgan fingerprint density at radius 1 is 1.52 bits per heavy atom. The van der Waals surface area contributed by atoms with Gasteiger partial charge in [-0.05, 0) is 39.2 Å². The molecule has 0 radical (unpaired) electrons. The third-order valence-corrected chi connectivity index (χ3v) is 4.29. The average molecular weight is 293 g/mol. The van der Waals surface area contributed by atoms with E-state index in [1.54, 1.807) is 0 Å². The summed E-state index contributed by atoms with van der Waals surface area (Å²) >= 11 is 0. The van der Waals surface area contributed by atoms with E-state index in [1.165, 1.54) is 0 Å². The highest BCUT2D eigenvalue weighted by Crippen LogP contribution is 2.39. The molecule has 21 heavy (non-hydrogen) atoms. The fourth-order valence-electron chi connectivity index (χ4n) is 3.38. The van der Waals surface area contributed by atoms with Gasteiger partial charge in [0.25, 0.3) is 0 Å². The molecular formula is C16H27N3O2. The van der Waals surface area contributed by atoms with E-state index in [0.29, 0.717) is 12.6 Å². The Balaban J connectivity index is 2.15. The van der Waals surface area contributed by atoms with E-state index in [1.807, 2.05) is 26.2 Å². The molecule has 1 aliphatic rings. The van der Waals surface area contributed by atoms with E-state index in [4.69, 9.17) is 4.74 Å². The van der Waals surface area contributed by atoms with Crippen LogP contribution in [-0.2, 0) is 16.0 Å². The highest BCUT2D eigenvalue weighted by Gasteiger charge is 2.46. The number of hydrogen-bond acceptors (Lipinski definition) is 4. The summed E-state index contributed by atoms with van der Waals surface area (Å²) in [5.74, 6) is 1.02. The quantitative estimate of drug-likeness (QED) is 0.785. The van der Waals surface area contributed by atoms with Crippen LogP contribution >= 0.6 is 0 Å². The topological polar surface area (TPSA) is 56.2 Å². The fraction of sp³-hybridized carbons (Fsp3) is 0.750. The molecule has 5 nitrogen and oxygen atoms in total. The Bertz CT molecular complexity index is 472. The molecule has 0 aliphatic heterocycles. The molecule has 0 saturated heterocycles. The summed E-state index contributed by atoms with van der Waals surface area (Å²) in [6.07, 6.45) is 8.57. The van der Waals surface area contributed by atoms with Crippen molar-refractivity contribution < 1.29 is 9.53 Å². The standard InChI is InChI=1S/C16H27N3O2/c1-4-7-14-17-10-11-19(14)13-8-9-16(12-13,18-5-2)15(20)21-6-3/h10-11,13,18H,4-9,12H2,1-3H3. The van der Waals surface area contributed by atoms with Gasteiger partial charge in [0.05, 0.1) is 6.61 Å². The Morgan fingerprint density at radius 3 is 3.00 bits per heavy atom. The van der Waals surface area contributed by atoms with Crippen LogP contribution in [-0.4, -0.2) is 34.2 Å². The van der Waals surface area contributed by atoms with Gasteiger partial charge in [0, 0.05) is 24.9 Å². The van der Waals surface area contributed by atoms with Gasteiger partial charge in [-0.15, -0.1) is 0 Å². The molecule has 1 aromatic rings. The number of carbonyl (C=O) groups is 1. The molecule has 2 rings (SSSR count). The summed E-state index contributed by atoms with van der Waals surface area (Å²) in [6, 6.07) is 0.331. The van der Waals surface area contributed by atoms with Crippen LogP contribution in [0.15, 0.2) is 12.4 Å². The average Bonchev–Trinajstić information content (AvgIpc) is 3.07. The van der Waals surface area contributed by atoms with Crippen LogP contribution in [0.4, 0.5) is 0 Å². The normalized spacial score (nSPS) is 25.2. The highest BCUT2D eigenvalue weighted by atomic mass is 16.5. The predicted octanol–water partition coefficient (Wildman–Crippen LogP) is 2.47. The van der Waals surface area contributed by atoms with Crippen LogP contribution in [0.25, 0.3) is 0 Å². The van der Waals surface area contributed by atoms with Gasteiger partial charge in [0.1, 0.15) is 11.4 Å². The van der Waals surface area contributed by atoms with Gasteiger partial charge in [-0.2, -0.15) is 0 Å². The van der Waals surface area contributed by atoms with Gasteiger partial charge in [-0.25, -0.2) is 4.98 Å². The maximum Gasteiger partial charge on any atom is 0.326 e. The molecule has 0 spiro atoms. The Morgan fingerprint density at radius 2 is 2.33 bits per heavy atom. The van der Waals surface area contributed by atoms with E-state index in [0.717, 1.165) is 44.5 Å². The number of rotatable bonds is 7. The molecule has 1 aromatic heterocycles. The van der Waals surface area contributed by atoms with Crippen molar-refractivity contribution in [2.75, 3.05) is 13.2 Å². The van der Waals surface area contributed by atoms with Crippen molar-refractivity contribution in [2.45, 2.75) is 64.5 Å². The minimum atomic E-state index is -0.525. The van der Waals surface area contributed by atoms with Crippen molar-refractivity contribution in [1.82, 2.24) is 14.9 Å². The van der Waals surface area contributed by atoms with Gasteiger partial charge in [0.15, 0.2) is 0 Å². The molecule has 5 heteroatoms. The molecule has 0 bridgehead atoms. The van der Waals surface area contributed by atoms with E-state index in [2.05, 4.69) is 21.8 Å². The number of nitrogens with zero attached hydrogens (tertiary/aromatic N) is 2. The summed E-state index contributed by atoms with van der Waals surface area (Å²) in [5.41, 5.74) is -0.525. The predicted molar refractivity (Wildman–Crippen MR) is 82.2 cm³/mol. The summed E-state index contributed by atoms with van der Waals surface area (Å²) in [7, 11) is 0. The molecule has 118 valence electrons. The second kappa shape index (κ2) is 7.07. The number of hydrogen-bond donors (Lipinski definition) is 1. The maximum absolute atomic E-state index is 12.4. The summed E-state index contributed by atoms with van der Waals surface area (Å²) in [6.45, 7) is 7.27. The Hall–Kier alpha value is -1.36. The zero-order valence-corrected chi connectivity index (χ0v) is 13.4. The minimum absolute atomic E-state index is 0.105. The van der Waals surface area contributed by atoms with Crippen molar-refractivity contribution in [1.29, 1.82) is 0 Å². The van der Waals surface area contributed by atoms with Crippen LogP contribution in [0, 0.1) is 0 Å². The van der Waals surface area contributed by atoms with Gasteiger partial charge in [-0.1, -0.05) is 13.8 Å². The molecule has 1 fully saturated rings. The van der Waals surface area contributed by atoms with E-state index in [9.17, 15) is 4.79 Å². The summed E-state index contributed by atoms with van der Waals surface area (Å²) in [5, 5.41) is 3.38. The lowest BCUT2D eigenvalue weighted by Gasteiger charge is -2.28. The Kier molecular flexibility index (Phi) is 5.39. The zero-order valence-electron chi connectivity index (χ0n) is 13.4. The van der Waals surface area contributed by atoms with Crippen LogP contribution in [0.5, 0.6) is 0 Å². The Labute approximate surface area is 127 Å². The zero-order chi connectivity index (χ0) is 15.3. The lowest BCUT2D eigenvalue weighted by Crippen LogP contribution is -2.51.